The molecule has 11 nitrogen and oxygen atoms in total. The number of pyridine rings is 1. The number of halogens is 4. The minimum Gasteiger partial charge on any atom is -0.493 e. The second-order valence-electron chi connectivity index (χ2n) is 8.71. The number of rotatable bonds is 8. The summed E-state index contributed by atoms with van der Waals surface area (Å²) in [5, 5.41) is 19.1. The number of amidine groups is 1. The highest BCUT2D eigenvalue weighted by atomic mass is 19.4. The molecule has 0 aliphatic carbocycles. The molecule has 222 valence electrons. The van der Waals surface area contributed by atoms with E-state index in [0.29, 0.717) is 15.8 Å². The Bertz CT molecular complexity index is 1630. The van der Waals surface area contributed by atoms with Gasteiger partial charge in [-0.05, 0) is 30.2 Å². The molecule has 0 bridgehead atoms. The standard InChI is InChI=1S/C25H22F4N6O3.C2H4O2/c1-37-19-11-15(18(26)12-20(19)38-2)16(10-13-5-7-14(8-6-13)21(30)31)22-33-24(36)35(34-22)23-17(25(27,28)29)4-3-9-32-23;1-2(3)4/h3-9,11-12,16H,10H2,1-2H3,(H3,30,31)(H,33,34,36);1H3,(H,3,4). The van der Waals surface area contributed by atoms with E-state index in [1.165, 1.54) is 20.3 Å². The van der Waals surface area contributed by atoms with Gasteiger partial charge in [0.15, 0.2) is 17.3 Å². The van der Waals surface area contributed by atoms with Crippen molar-refractivity contribution in [3.63, 3.8) is 0 Å². The number of hydrogen-bond acceptors (Lipinski definition) is 7. The molecule has 42 heavy (non-hydrogen) atoms. The summed E-state index contributed by atoms with van der Waals surface area (Å²) in [5.41, 5.74) is 4.54. The van der Waals surface area contributed by atoms with Crippen molar-refractivity contribution in [2.75, 3.05) is 14.2 Å². The Morgan fingerprint density at radius 2 is 1.74 bits per heavy atom. The summed E-state index contributed by atoms with van der Waals surface area (Å²) in [6, 6.07) is 10.9. The summed E-state index contributed by atoms with van der Waals surface area (Å²) in [7, 11) is 2.71. The number of nitrogen functional groups attached to an aromatic ring is 1. The lowest BCUT2D eigenvalue weighted by atomic mass is 9.90. The van der Waals surface area contributed by atoms with Gasteiger partial charge in [0.05, 0.1) is 20.1 Å². The van der Waals surface area contributed by atoms with Crippen LogP contribution in [0.1, 0.15) is 40.9 Å². The number of nitrogens with zero attached hydrogens (tertiary/aromatic N) is 3. The number of aromatic amines is 1. The maximum Gasteiger partial charge on any atom is 0.420 e. The third kappa shape index (κ3) is 7.30. The van der Waals surface area contributed by atoms with Gasteiger partial charge in [0.1, 0.15) is 23.0 Å². The molecule has 4 aromatic rings. The molecule has 0 fully saturated rings. The van der Waals surface area contributed by atoms with Crippen molar-refractivity contribution < 1.29 is 36.9 Å². The third-order valence-corrected chi connectivity index (χ3v) is 5.84. The van der Waals surface area contributed by atoms with Crippen molar-refractivity contribution in [3.8, 4) is 17.3 Å². The third-order valence-electron chi connectivity index (χ3n) is 5.84. The van der Waals surface area contributed by atoms with Crippen LogP contribution in [-0.2, 0) is 17.4 Å². The maximum atomic E-state index is 15.3. The fraction of sp³-hybridized carbons (Fsp3) is 0.222. The number of H-pyrrole nitrogens is 1. The van der Waals surface area contributed by atoms with Gasteiger partial charge in [0.25, 0.3) is 5.97 Å². The summed E-state index contributed by atoms with van der Waals surface area (Å²) in [4.78, 5) is 28.0. The van der Waals surface area contributed by atoms with Crippen LogP contribution in [0.15, 0.2) is 59.5 Å². The lowest BCUT2D eigenvalue weighted by molar-refractivity contribution is -0.138. The SMILES string of the molecule is CC(=O)O.COc1cc(F)c(C(Cc2ccc(C(=N)N)cc2)c2nn(-c3ncccc3C(F)(F)F)c(=O)[nH]2)cc1OC. The molecule has 0 radical (unpaired) electrons. The zero-order valence-corrected chi connectivity index (χ0v) is 22.5. The number of benzene rings is 2. The molecule has 4 rings (SSSR count). The number of aliphatic carboxylic acids is 1. The van der Waals surface area contributed by atoms with Gasteiger partial charge in [-0.3, -0.25) is 15.2 Å². The van der Waals surface area contributed by atoms with Gasteiger partial charge in [0.2, 0.25) is 0 Å². The molecule has 0 amide bonds. The van der Waals surface area contributed by atoms with E-state index in [1.54, 1.807) is 24.3 Å². The van der Waals surface area contributed by atoms with E-state index < -0.39 is 41.0 Å². The molecule has 0 spiro atoms. The Morgan fingerprint density at radius 3 is 2.29 bits per heavy atom. The van der Waals surface area contributed by atoms with Crippen molar-refractivity contribution in [2.24, 2.45) is 5.73 Å². The first-order valence-corrected chi connectivity index (χ1v) is 12.0. The number of ether oxygens (including phenoxy) is 2. The molecule has 5 N–H and O–H groups in total. The first kappa shape index (κ1) is 31.3. The largest absolute Gasteiger partial charge is 0.493 e. The summed E-state index contributed by atoms with van der Waals surface area (Å²) < 4.78 is 67.1. The van der Waals surface area contributed by atoms with E-state index in [9.17, 15) is 18.0 Å². The minimum absolute atomic E-state index is 0.0521. The first-order chi connectivity index (χ1) is 19.8. The quantitative estimate of drug-likeness (QED) is 0.136. The first-order valence-electron chi connectivity index (χ1n) is 12.0. The summed E-state index contributed by atoms with van der Waals surface area (Å²) >= 11 is 0. The molecule has 15 heteroatoms. The van der Waals surface area contributed by atoms with Crippen LogP contribution in [0, 0.1) is 11.2 Å². The lowest BCUT2D eigenvalue weighted by Gasteiger charge is -2.18. The average molecular weight is 591 g/mol. The molecule has 1 unspecified atom stereocenters. The predicted molar refractivity (Wildman–Crippen MR) is 143 cm³/mol. The minimum atomic E-state index is -4.80. The normalized spacial score (nSPS) is 11.7. The molecule has 0 saturated heterocycles. The number of carbonyl (C=O) groups is 1. The average Bonchev–Trinajstić information content (AvgIpc) is 3.32. The zero-order chi connectivity index (χ0) is 31.2. The Morgan fingerprint density at radius 1 is 1.14 bits per heavy atom. The Balaban J connectivity index is 0.00000114. The van der Waals surface area contributed by atoms with Crippen molar-refractivity contribution >= 4 is 11.8 Å². The highest BCUT2D eigenvalue weighted by Crippen LogP contribution is 2.37. The second-order valence-corrected chi connectivity index (χ2v) is 8.71. The van der Waals surface area contributed by atoms with Crippen molar-refractivity contribution in [1.29, 1.82) is 5.41 Å². The summed E-state index contributed by atoms with van der Waals surface area (Å²) in [6.07, 6.45) is -3.62. The van der Waals surface area contributed by atoms with E-state index in [-0.39, 0.29) is 35.1 Å². The van der Waals surface area contributed by atoms with Crippen LogP contribution in [0.4, 0.5) is 17.6 Å². The molecule has 2 heterocycles. The van der Waals surface area contributed by atoms with E-state index in [0.717, 1.165) is 31.3 Å². The number of carboxylic acids is 1. The molecular formula is C27H26F4N6O5. The topological polar surface area (TPSA) is 169 Å². The Hall–Kier alpha value is -5.21. The van der Waals surface area contributed by atoms with Gasteiger partial charge in [-0.2, -0.15) is 17.9 Å². The molecule has 2 aromatic carbocycles. The van der Waals surface area contributed by atoms with E-state index in [1.807, 2.05) is 0 Å². The molecule has 0 saturated carbocycles. The van der Waals surface area contributed by atoms with Crippen molar-refractivity contribution in [3.05, 3.63) is 99.1 Å². The molecular weight excluding hydrogens is 564 g/mol. The van der Waals surface area contributed by atoms with Crippen LogP contribution in [0.5, 0.6) is 11.5 Å². The smallest absolute Gasteiger partial charge is 0.420 e. The fourth-order valence-corrected chi connectivity index (χ4v) is 3.97. The van der Waals surface area contributed by atoms with Gasteiger partial charge in [0, 0.05) is 30.3 Å². The van der Waals surface area contributed by atoms with E-state index in [4.69, 9.17) is 30.5 Å². The molecule has 1 atom stereocenters. The Labute approximate surface area is 236 Å². The van der Waals surface area contributed by atoms with Gasteiger partial charge in [-0.25, -0.2) is 14.2 Å². The van der Waals surface area contributed by atoms with Crippen LogP contribution in [0.2, 0.25) is 0 Å². The van der Waals surface area contributed by atoms with Gasteiger partial charge < -0.3 is 20.3 Å². The number of nitrogens with one attached hydrogen (secondary N) is 2. The van der Waals surface area contributed by atoms with Gasteiger partial charge in [-0.15, -0.1) is 5.10 Å². The second kappa shape index (κ2) is 13.0. The number of nitrogens with two attached hydrogens (primary N) is 1. The van der Waals surface area contributed by atoms with E-state index in [2.05, 4.69) is 15.1 Å². The number of methoxy groups -OCH3 is 2. The molecule has 0 aliphatic heterocycles. The van der Waals surface area contributed by atoms with Crippen LogP contribution in [-0.4, -0.2) is 50.9 Å². The highest BCUT2D eigenvalue weighted by molar-refractivity contribution is 5.94. The predicted octanol–water partition coefficient (Wildman–Crippen LogP) is 3.88. The van der Waals surface area contributed by atoms with Gasteiger partial charge in [-0.1, -0.05) is 24.3 Å². The lowest BCUT2D eigenvalue weighted by Crippen LogP contribution is -2.21. The van der Waals surface area contributed by atoms with E-state index >= 15 is 4.39 Å². The van der Waals surface area contributed by atoms with Crippen LogP contribution >= 0.6 is 0 Å². The summed E-state index contributed by atoms with van der Waals surface area (Å²) in [6.45, 7) is 1.08. The van der Waals surface area contributed by atoms with Crippen molar-refractivity contribution in [2.45, 2.75) is 25.4 Å². The van der Waals surface area contributed by atoms with Crippen LogP contribution < -0.4 is 20.9 Å². The Kier molecular flexibility index (Phi) is 9.67. The van der Waals surface area contributed by atoms with Crippen LogP contribution in [0.25, 0.3) is 5.82 Å². The summed E-state index contributed by atoms with van der Waals surface area (Å²) in [5.74, 6) is -3.15. The molecule has 0 aliphatic rings. The monoisotopic (exact) mass is 590 g/mol. The maximum absolute atomic E-state index is 15.3. The highest BCUT2D eigenvalue weighted by Gasteiger charge is 2.36. The number of alkyl halides is 3. The van der Waals surface area contributed by atoms with Crippen molar-refractivity contribution in [1.82, 2.24) is 19.7 Å². The number of carboxylic acid groups (broad SMARTS) is 1. The fourth-order valence-electron chi connectivity index (χ4n) is 3.97. The molecule has 2 aromatic heterocycles. The number of hydrogen-bond donors (Lipinski definition) is 4. The zero-order valence-electron chi connectivity index (χ0n) is 22.5. The van der Waals surface area contributed by atoms with Crippen LogP contribution in [0.3, 0.4) is 0 Å². The van der Waals surface area contributed by atoms with Gasteiger partial charge >= 0.3 is 11.9 Å². The number of aromatic nitrogens is 4.